The molecule has 258 valence electrons. The van der Waals surface area contributed by atoms with Gasteiger partial charge in [-0.05, 0) is 43.0 Å². The lowest BCUT2D eigenvalue weighted by Crippen LogP contribution is -2.25. The van der Waals surface area contributed by atoms with Crippen LogP contribution in [-0.2, 0) is 7.05 Å². The van der Waals surface area contributed by atoms with Crippen LogP contribution in [0.2, 0.25) is 0 Å². The van der Waals surface area contributed by atoms with E-state index in [9.17, 15) is 27.5 Å². The van der Waals surface area contributed by atoms with Crippen LogP contribution in [0.25, 0.3) is 17.1 Å². The molecule has 1 saturated heterocycles. The topological polar surface area (TPSA) is 146 Å². The van der Waals surface area contributed by atoms with Gasteiger partial charge in [0.1, 0.15) is 40.3 Å². The first-order valence-corrected chi connectivity index (χ1v) is 16.3. The Kier molecular flexibility index (Phi) is 10.2. The molecule has 48 heavy (non-hydrogen) atoms. The Bertz CT molecular complexity index is 1830. The second kappa shape index (κ2) is 14.2. The van der Waals surface area contributed by atoms with Gasteiger partial charge in [-0.25, -0.2) is 8.78 Å². The number of alkyl halides is 2. The number of ether oxygens (including phenoxy) is 4. The zero-order chi connectivity index (χ0) is 34.7. The third-order valence-corrected chi connectivity index (χ3v) is 9.50. The summed E-state index contributed by atoms with van der Waals surface area (Å²) in [6.07, 6.45) is 1.06. The van der Waals surface area contributed by atoms with Gasteiger partial charge in [0.2, 0.25) is 5.88 Å². The van der Waals surface area contributed by atoms with Crippen molar-refractivity contribution in [2.75, 3.05) is 37.6 Å². The van der Waals surface area contributed by atoms with Crippen LogP contribution in [0.5, 0.6) is 23.1 Å². The van der Waals surface area contributed by atoms with Gasteiger partial charge in [-0.15, -0.1) is 0 Å². The van der Waals surface area contributed by atoms with Crippen molar-refractivity contribution in [2.24, 2.45) is 13.0 Å². The first-order chi connectivity index (χ1) is 22.8. The molecule has 0 spiro atoms. The quantitative estimate of drug-likeness (QED) is 0.163. The van der Waals surface area contributed by atoms with Crippen molar-refractivity contribution in [2.45, 2.75) is 19.5 Å². The van der Waals surface area contributed by atoms with E-state index in [1.54, 1.807) is 0 Å². The van der Waals surface area contributed by atoms with Crippen LogP contribution in [0.15, 0.2) is 53.3 Å². The summed E-state index contributed by atoms with van der Waals surface area (Å²) in [5.41, 5.74) is -2.55. The predicted octanol–water partition coefficient (Wildman–Crippen LogP) is 5.93. The number of rotatable bonds is 11. The summed E-state index contributed by atoms with van der Waals surface area (Å²) in [5, 5.41) is 2.41. The number of amides is 1. The zero-order valence-electron chi connectivity index (χ0n) is 25.9. The van der Waals surface area contributed by atoms with Crippen LogP contribution in [0, 0.1) is 17.6 Å². The van der Waals surface area contributed by atoms with Gasteiger partial charge in [-0.3, -0.25) is 23.4 Å². The summed E-state index contributed by atoms with van der Waals surface area (Å²) in [6.45, 7) is -2.90. The minimum Gasteiger partial charge on any atom is -0.497 e. The van der Waals surface area contributed by atoms with Crippen molar-refractivity contribution in [3.8, 4) is 40.2 Å². The van der Waals surface area contributed by atoms with Gasteiger partial charge in [-0.1, -0.05) is 0 Å². The number of benzene rings is 2. The molecule has 12 nitrogen and oxygen atoms in total. The molecule has 0 atom stereocenters. The minimum atomic E-state index is -3.09. The second-order valence-electron chi connectivity index (χ2n) is 10.9. The molecule has 1 fully saturated rings. The first-order valence-electron chi connectivity index (χ1n) is 14.4. The molecule has 3 heterocycles. The van der Waals surface area contributed by atoms with Gasteiger partial charge in [0, 0.05) is 48.4 Å². The number of carbonyl (C=O) groups is 1. The number of nitrogens with zero attached hydrogens (tertiary/aromatic N) is 3. The smallest absolute Gasteiger partial charge is 0.387 e. The Labute approximate surface area is 273 Å². The van der Waals surface area contributed by atoms with Crippen LogP contribution in [-0.4, -0.2) is 68.3 Å². The van der Waals surface area contributed by atoms with Crippen LogP contribution in [0.3, 0.4) is 0 Å². The number of aromatic nitrogens is 3. The number of hydrogen-bond donors (Lipinski definition) is 3. The molecule has 2 aromatic heterocycles. The number of methoxy groups -OCH3 is 2. The Balaban J connectivity index is 1.57. The summed E-state index contributed by atoms with van der Waals surface area (Å²) < 4.78 is 98.6. The summed E-state index contributed by atoms with van der Waals surface area (Å²) in [7, 11) is 1.34. The van der Waals surface area contributed by atoms with Crippen molar-refractivity contribution in [3.05, 3.63) is 76.1 Å². The normalized spacial score (nSPS) is 15.2. The second-order valence-corrected chi connectivity index (χ2v) is 13.3. The molecule has 3 N–H and O–H groups in total. The fourth-order valence-corrected chi connectivity index (χ4v) is 6.85. The maximum atomic E-state index is 15.5. The summed E-state index contributed by atoms with van der Waals surface area (Å²) in [4.78, 5) is 31.8. The summed E-state index contributed by atoms with van der Waals surface area (Å²) in [6, 6.07) is 9.25. The molecule has 1 aliphatic rings. The van der Waals surface area contributed by atoms with Crippen molar-refractivity contribution >= 4 is 22.2 Å². The lowest BCUT2D eigenvalue weighted by Gasteiger charge is -2.38. The van der Waals surface area contributed by atoms with E-state index in [4.69, 9.17) is 14.2 Å². The van der Waals surface area contributed by atoms with E-state index in [2.05, 4.69) is 15.0 Å². The predicted molar refractivity (Wildman–Crippen MR) is 169 cm³/mol. The average molecular weight is 697 g/mol. The zero-order valence-corrected chi connectivity index (χ0v) is 26.7. The molecule has 0 aliphatic carbocycles. The van der Waals surface area contributed by atoms with Crippen LogP contribution < -0.4 is 29.8 Å². The summed E-state index contributed by atoms with van der Waals surface area (Å²) >= 11 is 0. The van der Waals surface area contributed by atoms with Gasteiger partial charge in [-0.2, -0.15) is 29.0 Å². The number of pyridine rings is 1. The molecule has 1 aliphatic heterocycles. The third-order valence-electron chi connectivity index (χ3n) is 7.72. The van der Waals surface area contributed by atoms with E-state index in [1.165, 1.54) is 45.5 Å². The monoisotopic (exact) mass is 696 g/mol. The van der Waals surface area contributed by atoms with Crippen LogP contribution in [0.4, 0.5) is 23.2 Å². The molecule has 1 amide bonds. The fraction of sp³-hybridized carbons (Fsp3) is 0.323. The highest BCUT2D eigenvalue weighted by atomic mass is 32.3. The maximum absolute atomic E-state index is 15.5. The lowest BCUT2D eigenvalue weighted by atomic mass is 10.0. The Morgan fingerprint density at radius 1 is 1.00 bits per heavy atom. The van der Waals surface area contributed by atoms with Gasteiger partial charge < -0.3 is 24.3 Å². The van der Waals surface area contributed by atoms with Crippen LogP contribution in [0.1, 0.15) is 23.2 Å². The molecule has 2 aromatic carbocycles. The largest absolute Gasteiger partial charge is 0.497 e. The number of halogens is 4. The highest BCUT2D eigenvalue weighted by molar-refractivity contribution is 8.24. The SMILES string of the molecule is COc1cc(OCC2CCS(O)(O)CC2)nc(-n2c(=O)c(NC(=O)c3ccc(OC(F)F)cc3)c(-c3c(F)cc(OC)cc3F)n2C)c1. The van der Waals surface area contributed by atoms with Gasteiger partial charge >= 0.3 is 6.61 Å². The maximum Gasteiger partial charge on any atom is 0.387 e. The molecule has 0 saturated carbocycles. The summed E-state index contributed by atoms with van der Waals surface area (Å²) in [5.74, 6) is -2.71. The van der Waals surface area contributed by atoms with Gasteiger partial charge in [0.05, 0.1) is 26.4 Å². The standard InChI is InChI=1S/C31H32F4N4O8S/c1-38-28(26-22(32)12-20(44-2)13-23(26)33)27(37-29(40)18-4-6-19(7-5-18)47-31(34)35)30(41)39(38)24-14-21(45-3)15-25(36-24)46-16-17-8-10-48(42,43)11-9-17/h4-7,12-15,17,31,42-43H,8-11,16H2,1-3H3,(H,37,40). The molecule has 0 unspecified atom stereocenters. The average Bonchev–Trinajstić information content (AvgIpc) is 3.28. The van der Waals surface area contributed by atoms with E-state index in [0.717, 1.165) is 33.6 Å². The molecule has 0 bridgehead atoms. The van der Waals surface area contributed by atoms with Crippen LogP contribution >= 0.6 is 10.6 Å². The molecular formula is C31H32F4N4O8S. The number of carbonyl (C=O) groups excluding carboxylic acids is 1. The third kappa shape index (κ3) is 7.53. The van der Waals surface area contributed by atoms with Crippen molar-refractivity contribution in [1.29, 1.82) is 0 Å². The number of anilines is 1. The highest BCUT2D eigenvalue weighted by Gasteiger charge is 2.29. The van der Waals surface area contributed by atoms with E-state index in [-0.39, 0.29) is 64.2 Å². The van der Waals surface area contributed by atoms with E-state index in [1.807, 2.05) is 0 Å². The fourth-order valence-electron chi connectivity index (χ4n) is 5.23. The number of nitrogens with one attached hydrogen (secondary N) is 1. The Morgan fingerprint density at radius 2 is 1.60 bits per heavy atom. The molecule has 4 aromatic rings. The van der Waals surface area contributed by atoms with E-state index >= 15 is 8.78 Å². The minimum absolute atomic E-state index is 0.0181. The van der Waals surface area contributed by atoms with Gasteiger partial charge in [0.25, 0.3) is 11.5 Å². The van der Waals surface area contributed by atoms with Crippen molar-refractivity contribution in [1.82, 2.24) is 14.3 Å². The number of hydrogen-bond acceptors (Lipinski definition) is 9. The molecular weight excluding hydrogens is 664 g/mol. The lowest BCUT2D eigenvalue weighted by molar-refractivity contribution is -0.0498. The Hall–Kier alpha value is -4.74. The first kappa shape index (κ1) is 34.6. The van der Waals surface area contributed by atoms with Crippen molar-refractivity contribution < 1.29 is 50.4 Å². The highest BCUT2D eigenvalue weighted by Crippen LogP contribution is 2.45. The van der Waals surface area contributed by atoms with Gasteiger partial charge in [0.15, 0.2) is 5.82 Å². The molecule has 5 rings (SSSR count). The Morgan fingerprint density at radius 3 is 2.19 bits per heavy atom. The van der Waals surface area contributed by atoms with E-state index in [0.29, 0.717) is 12.8 Å². The molecule has 17 heteroatoms. The van der Waals surface area contributed by atoms with Crippen molar-refractivity contribution in [3.63, 3.8) is 0 Å². The molecule has 0 radical (unpaired) electrons. The van der Waals surface area contributed by atoms with E-state index < -0.39 is 51.6 Å².